The molecule has 1 atom stereocenters. The SMILES string of the molecule is COC(=O)C([As])Cc1ccc(Oc2ccc(C=C3C(=O)Nc4ccccc43)cc2OC)cc1.Cl. The number of hydrogen-bond acceptors (Lipinski definition) is 5. The normalized spacial score (nSPS) is 14.0. The van der Waals surface area contributed by atoms with Crippen molar-refractivity contribution in [3.63, 3.8) is 0 Å². The van der Waals surface area contributed by atoms with Gasteiger partial charge < -0.3 is 5.32 Å². The third-order valence-electron chi connectivity index (χ3n) is 5.26. The van der Waals surface area contributed by atoms with Crippen LogP contribution in [0.4, 0.5) is 5.69 Å². The molecule has 6 nitrogen and oxygen atoms in total. The maximum atomic E-state index is 12.4. The standard InChI is InChI=1S/C26H22AsNO5.ClH/c1-31-24-15-17(13-20-19-5-3-4-6-22(19)28-25(20)29)9-12-23(24)33-18-10-7-16(8-11-18)14-21(27)26(30)32-2;/h3-13,15,21H,14H2,1-2H3,(H,28,29);1H. The van der Waals surface area contributed by atoms with Crippen LogP contribution in [0.5, 0.6) is 17.2 Å². The van der Waals surface area contributed by atoms with Gasteiger partial charge in [0.25, 0.3) is 5.91 Å². The molecule has 3 aromatic carbocycles. The molecule has 1 aliphatic heterocycles. The van der Waals surface area contributed by atoms with E-state index >= 15 is 0 Å². The van der Waals surface area contributed by atoms with Crippen LogP contribution in [0.25, 0.3) is 11.6 Å². The van der Waals surface area contributed by atoms with Gasteiger partial charge in [0.05, 0.1) is 0 Å². The predicted octanol–water partition coefficient (Wildman–Crippen LogP) is 5.07. The van der Waals surface area contributed by atoms with Crippen LogP contribution in [-0.2, 0) is 20.7 Å². The Morgan fingerprint density at radius 3 is 2.47 bits per heavy atom. The van der Waals surface area contributed by atoms with Gasteiger partial charge in [0, 0.05) is 16.8 Å². The Balaban J connectivity index is 0.00000324. The average Bonchev–Trinajstić information content (AvgIpc) is 3.15. The van der Waals surface area contributed by atoms with Crippen molar-refractivity contribution < 1.29 is 23.8 Å². The summed E-state index contributed by atoms with van der Waals surface area (Å²) in [7, 11) is 2.96. The number of hydrogen-bond donors (Lipinski definition) is 1. The van der Waals surface area contributed by atoms with Gasteiger partial charge in [-0.25, -0.2) is 0 Å². The van der Waals surface area contributed by atoms with Gasteiger partial charge in [-0.15, -0.1) is 12.4 Å². The Hall–Kier alpha value is -3.21. The summed E-state index contributed by atoms with van der Waals surface area (Å²) in [5.74, 6) is 1.37. The number of nitrogens with one attached hydrogen (secondary N) is 1. The van der Waals surface area contributed by atoms with Gasteiger partial charge in [0.1, 0.15) is 0 Å². The molecule has 34 heavy (non-hydrogen) atoms. The van der Waals surface area contributed by atoms with Crippen LogP contribution >= 0.6 is 12.4 Å². The molecule has 1 amide bonds. The maximum absolute atomic E-state index is 12.4. The fraction of sp³-hybridized carbons (Fsp3) is 0.154. The van der Waals surface area contributed by atoms with E-state index in [1.807, 2.05) is 72.8 Å². The second-order valence-corrected chi connectivity index (χ2v) is 8.76. The van der Waals surface area contributed by atoms with E-state index < -0.39 is 0 Å². The van der Waals surface area contributed by atoms with Gasteiger partial charge in [0.2, 0.25) is 0 Å². The monoisotopic (exact) mass is 539 g/mol. The van der Waals surface area contributed by atoms with Crippen molar-refractivity contribution >= 4 is 58.5 Å². The van der Waals surface area contributed by atoms with E-state index in [-0.39, 0.29) is 29.0 Å². The molecule has 3 aromatic rings. The molecule has 1 N–H and O–H groups in total. The fourth-order valence-corrected chi connectivity index (χ4v) is 4.23. The van der Waals surface area contributed by atoms with Crippen LogP contribution < -0.4 is 14.8 Å². The molecule has 8 heteroatoms. The van der Waals surface area contributed by atoms with Crippen LogP contribution in [0.15, 0.2) is 66.7 Å². The van der Waals surface area contributed by atoms with E-state index in [1.165, 1.54) is 7.11 Å². The van der Waals surface area contributed by atoms with Crippen molar-refractivity contribution in [1.82, 2.24) is 0 Å². The van der Waals surface area contributed by atoms with Crippen molar-refractivity contribution in [2.24, 2.45) is 0 Å². The zero-order chi connectivity index (χ0) is 23.4. The molecule has 1 aliphatic rings. The van der Waals surface area contributed by atoms with Crippen LogP contribution in [0.1, 0.15) is 16.7 Å². The van der Waals surface area contributed by atoms with Crippen LogP contribution in [0.3, 0.4) is 0 Å². The molecule has 0 spiro atoms. The van der Waals surface area contributed by atoms with Gasteiger partial charge in [-0.05, 0) is 6.07 Å². The van der Waals surface area contributed by atoms with Crippen molar-refractivity contribution in [3.8, 4) is 17.2 Å². The molecule has 0 aliphatic carbocycles. The minimum Gasteiger partial charge on any atom is -0.147 e. The largest absolute Gasteiger partial charge is 0.147 e. The number of anilines is 1. The number of halogens is 1. The predicted molar refractivity (Wildman–Crippen MR) is 135 cm³/mol. The molecule has 0 fully saturated rings. The molecule has 1 heterocycles. The summed E-state index contributed by atoms with van der Waals surface area (Å²) in [6.45, 7) is 0. The number of benzene rings is 3. The van der Waals surface area contributed by atoms with Crippen LogP contribution in [-0.4, -0.2) is 42.9 Å². The van der Waals surface area contributed by atoms with Gasteiger partial charge in [-0.3, -0.25) is 4.79 Å². The fourth-order valence-electron chi connectivity index (χ4n) is 3.57. The van der Waals surface area contributed by atoms with Gasteiger partial charge >= 0.3 is 144 Å². The molecule has 2 radical (unpaired) electrons. The molecule has 0 saturated heterocycles. The number of carbonyl (C=O) groups excluding carboxylic acids is 2. The van der Waals surface area contributed by atoms with Crippen molar-refractivity contribution in [1.29, 1.82) is 0 Å². The van der Waals surface area contributed by atoms with E-state index in [2.05, 4.69) is 22.2 Å². The number of carbonyl (C=O) groups is 2. The molecular formula is C26H23AsClNO5. The zero-order valence-corrected chi connectivity index (χ0v) is 21.3. The molecule has 4 rings (SSSR count). The number of ether oxygens (including phenoxy) is 3. The van der Waals surface area contributed by atoms with Crippen molar-refractivity contribution in [2.75, 3.05) is 19.5 Å². The second kappa shape index (κ2) is 11.3. The minimum absolute atomic E-state index is 0. The Bertz CT molecular complexity index is 1230. The summed E-state index contributed by atoms with van der Waals surface area (Å²) in [6.07, 6.45) is 2.40. The number of rotatable bonds is 7. The minimum atomic E-state index is -0.273. The second-order valence-electron chi connectivity index (χ2n) is 7.46. The first-order chi connectivity index (χ1) is 16.0. The smallest absolute Gasteiger partial charge is 0.147 e. The molecule has 0 aromatic heterocycles. The Morgan fingerprint density at radius 1 is 1.03 bits per heavy atom. The Labute approximate surface area is 213 Å². The van der Waals surface area contributed by atoms with E-state index in [4.69, 9.17) is 14.2 Å². The van der Waals surface area contributed by atoms with Crippen molar-refractivity contribution in [3.05, 3.63) is 83.4 Å². The Morgan fingerprint density at radius 2 is 1.76 bits per heavy atom. The molecular weight excluding hydrogens is 517 g/mol. The number of fused-ring (bicyclic) bond motifs is 1. The first-order valence-corrected chi connectivity index (χ1v) is 11.4. The summed E-state index contributed by atoms with van der Waals surface area (Å²) < 4.78 is 16.0. The number of esters is 1. The number of methoxy groups -OCH3 is 2. The van der Waals surface area contributed by atoms with Gasteiger partial charge in [0.15, 0.2) is 0 Å². The van der Waals surface area contributed by atoms with Gasteiger partial charge in [-0.1, -0.05) is 18.2 Å². The third kappa shape index (κ3) is 5.64. The zero-order valence-electron chi connectivity index (χ0n) is 18.6. The summed E-state index contributed by atoms with van der Waals surface area (Å²) >= 11 is 2.34. The molecule has 0 bridgehead atoms. The number of para-hydroxylation sites is 1. The maximum Gasteiger partial charge on any atom is -0.147 e. The first-order valence-electron chi connectivity index (χ1n) is 10.3. The number of amides is 1. The van der Waals surface area contributed by atoms with Crippen molar-refractivity contribution in [2.45, 2.75) is 11.1 Å². The van der Waals surface area contributed by atoms with Crippen LogP contribution in [0.2, 0.25) is 4.71 Å². The molecule has 0 saturated carbocycles. The van der Waals surface area contributed by atoms with Gasteiger partial charge in [-0.2, -0.15) is 0 Å². The van der Waals surface area contributed by atoms with E-state index in [1.54, 1.807) is 7.11 Å². The van der Waals surface area contributed by atoms with E-state index in [0.717, 1.165) is 22.4 Å². The third-order valence-corrected chi connectivity index (χ3v) is 6.09. The molecule has 174 valence electrons. The van der Waals surface area contributed by atoms with E-state index in [0.29, 0.717) is 29.2 Å². The molecule has 1 unspecified atom stereocenters. The Kier molecular flexibility index (Phi) is 8.43. The van der Waals surface area contributed by atoms with E-state index in [9.17, 15) is 9.59 Å². The summed E-state index contributed by atoms with van der Waals surface area (Å²) in [5.41, 5.74) is 4.12. The first kappa shape index (κ1) is 25.4. The quantitative estimate of drug-likeness (QED) is 0.258. The van der Waals surface area contributed by atoms with Crippen LogP contribution in [0, 0.1) is 0 Å². The topological polar surface area (TPSA) is 73.9 Å². The average molecular weight is 540 g/mol. The summed E-state index contributed by atoms with van der Waals surface area (Å²) in [5, 5.41) is 2.88. The summed E-state index contributed by atoms with van der Waals surface area (Å²) in [6, 6.07) is 20.7. The summed E-state index contributed by atoms with van der Waals surface area (Å²) in [4.78, 5) is 24.0.